The molecule has 0 saturated heterocycles. The quantitative estimate of drug-likeness (QED) is 0.384. The van der Waals surface area contributed by atoms with Crippen molar-refractivity contribution >= 4 is 17.7 Å². The van der Waals surface area contributed by atoms with Crippen LogP contribution in [-0.2, 0) is 6.61 Å². The highest BCUT2D eigenvalue weighted by Crippen LogP contribution is 2.18. The fourth-order valence-corrected chi connectivity index (χ4v) is 2.41. The summed E-state index contributed by atoms with van der Waals surface area (Å²) in [6.45, 7) is 2.51. The first kappa shape index (κ1) is 18.1. The van der Waals surface area contributed by atoms with Crippen LogP contribution in [0.2, 0.25) is 0 Å². The predicted octanol–water partition coefficient (Wildman–Crippen LogP) is 4.32. The topological polar surface area (TPSA) is 89.6 Å². The van der Waals surface area contributed by atoms with Crippen molar-refractivity contribution in [3.63, 3.8) is 0 Å². The van der Waals surface area contributed by atoms with Gasteiger partial charge >= 0.3 is 0 Å². The minimum atomic E-state index is -0.498. The summed E-state index contributed by atoms with van der Waals surface area (Å²) in [4.78, 5) is 14.1. The number of hydrazone groups is 1. The number of pyridine rings is 1. The molecule has 0 aliphatic heterocycles. The molecule has 0 radical (unpaired) electrons. The number of rotatable bonds is 7. The fraction of sp³-hybridized carbons (Fsp3) is 0.100. The van der Waals surface area contributed by atoms with Crippen LogP contribution in [0, 0.1) is 17.0 Å². The third kappa shape index (κ3) is 5.12. The van der Waals surface area contributed by atoms with Crippen molar-refractivity contribution < 1.29 is 9.66 Å². The van der Waals surface area contributed by atoms with Gasteiger partial charge in [-0.1, -0.05) is 42.0 Å². The van der Waals surface area contributed by atoms with E-state index in [2.05, 4.69) is 21.6 Å². The molecule has 2 aromatic carbocycles. The van der Waals surface area contributed by atoms with Crippen molar-refractivity contribution in [1.29, 1.82) is 0 Å². The molecule has 7 heteroatoms. The number of benzene rings is 2. The number of anilines is 1. The van der Waals surface area contributed by atoms with E-state index < -0.39 is 4.92 Å². The van der Waals surface area contributed by atoms with E-state index in [1.165, 1.54) is 23.9 Å². The van der Waals surface area contributed by atoms with E-state index in [9.17, 15) is 10.1 Å². The molecule has 3 rings (SSSR count). The van der Waals surface area contributed by atoms with Gasteiger partial charge in [0.25, 0.3) is 5.69 Å². The monoisotopic (exact) mass is 362 g/mol. The Morgan fingerprint density at radius 3 is 2.78 bits per heavy atom. The first-order valence-corrected chi connectivity index (χ1v) is 8.29. The summed E-state index contributed by atoms with van der Waals surface area (Å²) in [5.41, 5.74) is 5.76. The van der Waals surface area contributed by atoms with Gasteiger partial charge in [-0.15, -0.1) is 0 Å². The Morgan fingerprint density at radius 2 is 2.04 bits per heavy atom. The Hall–Kier alpha value is -3.74. The van der Waals surface area contributed by atoms with E-state index in [4.69, 9.17) is 4.74 Å². The van der Waals surface area contributed by atoms with Gasteiger partial charge in [0.05, 0.1) is 11.1 Å². The van der Waals surface area contributed by atoms with Crippen molar-refractivity contribution in [3.8, 4) is 5.75 Å². The van der Waals surface area contributed by atoms with Crippen molar-refractivity contribution in [2.75, 3.05) is 5.43 Å². The number of aromatic nitrogens is 1. The van der Waals surface area contributed by atoms with Crippen LogP contribution in [0.5, 0.6) is 5.75 Å². The molecule has 0 unspecified atom stereocenters. The van der Waals surface area contributed by atoms with Gasteiger partial charge in [-0.25, -0.2) is 4.98 Å². The number of nitrogens with one attached hydrogen (secondary N) is 1. The Kier molecular flexibility index (Phi) is 5.73. The summed E-state index contributed by atoms with van der Waals surface area (Å²) in [5.74, 6) is 1.12. The van der Waals surface area contributed by atoms with Crippen LogP contribution in [0.25, 0.3) is 0 Å². The summed E-state index contributed by atoms with van der Waals surface area (Å²) < 4.78 is 5.91. The fourth-order valence-electron chi connectivity index (χ4n) is 2.41. The minimum absolute atomic E-state index is 0.0700. The van der Waals surface area contributed by atoms with Crippen molar-refractivity contribution in [2.24, 2.45) is 5.10 Å². The van der Waals surface area contributed by atoms with Gasteiger partial charge in [0.15, 0.2) is 0 Å². The molecule has 0 fully saturated rings. The average Bonchev–Trinajstić information content (AvgIpc) is 2.68. The molecule has 136 valence electrons. The normalized spacial score (nSPS) is 10.7. The number of ether oxygens (including phenoxy) is 1. The Balaban J connectivity index is 1.64. The minimum Gasteiger partial charge on any atom is -0.488 e. The first-order valence-electron chi connectivity index (χ1n) is 8.29. The highest BCUT2D eigenvalue weighted by Gasteiger charge is 2.05. The van der Waals surface area contributed by atoms with E-state index in [0.717, 1.165) is 11.1 Å². The van der Waals surface area contributed by atoms with Crippen LogP contribution >= 0.6 is 0 Å². The Labute approximate surface area is 156 Å². The van der Waals surface area contributed by atoms with E-state index in [1.54, 1.807) is 6.21 Å². The van der Waals surface area contributed by atoms with Gasteiger partial charge in [0.2, 0.25) is 0 Å². The lowest BCUT2D eigenvalue weighted by molar-refractivity contribution is -0.385. The summed E-state index contributed by atoms with van der Waals surface area (Å²) in [6, 6.07) is 18.6. The van der Waals surface area contributed by atoms with Crippen LogP contribution in [0.3, 0.4) is 0 Å². The lowest BCUT2D eigenvalue weighted by atomic mass is 10.1. The lowest BCUT2D eigenvalue weighted by Crippen LogP contribution is -1.99. The van der Waals surface area contributed by atoms with E-state index in [0.29, 0.717) is 18.2 Å². The smallest absolute Gasteiger partial charge is 0.287 e. The molecular weight excluding hydrogens is 344 g/mol. The lowest BCUT2D eigenvalue weighted by Gasteiger charge is -2.09. The number of para-hydroxylation sites is 1. The number of nitro groups is 1. The Bertz CT molecular complexity index is 955. The van der Waals surface area contributed by atoms with Crippen LogP contribution in [0.4, 0.5) is 11.5 Å². The summed E-state index contributed by atoms with van der Waals surface area (Å²) in [7, 11) is 0. The second-order valence-electron chi connectivity index (χ2n) is 5.84. The van der Waals surface area contributed by atoms with Gasteiger partial charge in [0, 0.05) is 11.6 Å². The second kappa shape index (κ2) is 8.57. The zero-order valence-electron chi connectivity index (χ0n) is 14.7. The summed E-state index contributed by atoms with van der Waals surface area (Å²) in [5, 5.41) is 14.8. The molecule has 1 heterocycles. The van der Waals surface area contributed by atoms with Gasteiger partial charge in [0.1, 0.15) is 24.4 Å². The molecular formula is C20H18N4O3. The molecule has 0 saturated carbocycles. The van der Waals surface area contributed by atoms with E-state index in [-0.39, 0.29) is 5.69 Å². The number of hydrogen-bond acceptors (Lipinski definition) is 6. The van der Waals surface area contributed by atoms with Crippen LogP contribution in [-0.4, -0.2) is 16.1 Å². The molecule has 0 aliphatic rings. The van der Waals surface area contributed by atoms with Crippen molar-refractivity contribution in [3.05, 3.63) is 93.7 Å². The number of aryl methyl sites for hydroxylation is 1. The van der Waals surface area contributed by atoms with Crippen molar-refractivity contribution in [1.82, 2.24) is 4.98 Å². The standard InChI is InChI=1S/C20H18N4O3/c1-15-5-4-6-16(11-15)14-27-19-8-3-2-7-17(19)12-22-23-20-10-9-18(13-21-20)24(25)26/h2-13H,14H2,1H3,(H,21,23)/b22-12+. The molecule has 3 aromatic rings. The molecule has 27 heavy (non-hydrogen) atoms. The van der Waals surface area contributed by atoms with E-state index in [1.807, 2.05) is 49.4 Å². The molecule has 0 amide bonds. The maximum Gasteiger partial charge on any atom is 0.287 e. The molecule has 7 nitrogen and oxygen atoms in total. The highest BCUT2D eigenvalue weighted by atomic mass is 16.6. The molecule has 0 atom stereocenters. The Morgan fingerprint density at radius 1 is 1.19 bits per heavy atom. The third-order valence-corrected chi connectivity index (χ3v) is 3.74. The SMILES string of the molecule is Cc1cccc(COc2ccccc2/C=N/Nc2ccc([N+](=O)[O-])cn2)c1. The zero-order valence-corrected chi connectivity index (χ0v) is 14.7. The van der Waals surface area contributed by atoms with Crippen LogP contribution in [0.1, 0.15) is 16.7 Å². The largest absolute Gasteiger partial charge is 0.488 e. The third-order valence-electron chi connectivity index (χ3n) is 3.74. The first-order chi connectivity index (χ1) is 13.1. The molecule has 0 bridgehead atoms. The molecule has 0 aliphatic carbocycles. The summed E-state index contributed by atoms with van der Waals surface area (Å²) >= 11 is 0. The molecule has 0 spiro atoms. The average molecular weight is 362 g/mol. The van der Waals surface area contributed by atoms with Gasteiger partial charge in [-0.2, -0.15) is 5.10 Å². The zero-order chi connectivity index (χ0) is 19.1. The molecule has 1 N–H and O–H groups in total. The van der Waals surface area contributed by atoms with Gasteiger partial charge in [-0.3, -0.25) is 15.5 Å². The maximum atomic E-state index is 10.6. The van der Waals surface area contributed by atoms with E-state index >= 15 is 0 Å². The van der Waals surface area contributed by atoms with Gasteiger partial charge < -0.3 is 4.74 Å². The van der Waals surface area contributed by atoms with Crippen LogP contribution < -0.4 is 10.2 Å². The number of hydrogen-bond donors (Lipinski definition) is 1. The molecule has 1 aromatic heterocycles. The number of nitrogens with zero attached hydrogens (tertiary/aromatic N) is 3. The summed E-state index contributed by atoms with van der Waals surface area (Å²) in [6.07, 6.45) is 2.80. The maximum absolute atomic E-state index is 10.6. The van der Waals surface area contributed by atoms with Crippen molar-refractivity contribution in [2.45, 2.75) is 13.5 Å². The highest BCUT2D eigenvalue weighted by molar-refractivity contribution is 5.83. The second-order valence-corrected chi connectivity index (χ2v) is 5.84. The van der Waals surface area contributed by atoms with Gasteiger partial charge in [-0.05, 0) is 30.7 Å². The van der Waals surface area contributed by atoms with Crippen LogP contribution in [0.15, 0.2) is 72.0 Å². The predicted molar refractivity (Wildman–Crippen MR) is 104 cm³/mol.